The van der Waals surface area contributed by atoms with E-state index in [1.165, 1.54) is 12.1 Å². The van der Waals surface area contributed by atoms with Gasteiger partial charge in [0.2, 0.25) is 5.91 Å². The summed E-state index contributed by atoms with van der Waals surface area (Å²) >= 11 is 0. The number of halogens is 1. The fourth-order valence-electron chi connectivity index (χ4n) is 1.67. The van der Waals surface area contributed by atoms with Crippen LogP contribution in [0.4, 0.5) is 10.1 Å². The molecule has 20 heavy (non-hydrogen) atoms. The number of nitro benzene ring substituents is 1. The Balaban J connectivity index is 2.42. The standard InChI is InChI=1S/C13H18FN3O3/c1-9(2)16-13(18)3-4-15-8-10-5-11(14)7-12(6-10)17(19)20/h5-7,9,15H,3-4,8H2,1-2H3,(H,16,18). The molecule has 1 rings (SSSR count). The van der Waals surface area contributed by atoms with Crippen LogP contribution < -0.4 is 10.6 Å². The minimum absolute atomic E-state index is 0.0716. The van der Waals surface area contributed by atoms with Crippen LogP contribution in [0.3, 0.4) is 0 Å². The van der Waals surface area contributed by atoms with Gasteiger partial charge in [-0.1, -0.05) is 0 Å². The van der Waals surface area contributed by atoms with Gasteiger partial charge in [-0.3, -0.25) is 14.9 Å². The topological polar surface area (TPSA) is 84.3 Å². The van der Waals surface area contributed by atoms with Crippen molar-refractivity contribution in [3.05, 3.63) is 39.7 Å². The number of benzene rings is 1. The Bertz CT molecular complexity index is 492. The fourth-order valence-corrected chi connectivity index (χ4v) is 1.67. The van der Waals surface area contributed by atoms with Gasteiger partial charge in [0.25, 0.3) is 5.69 Å². The van der Waals surface area contributed by atoms with Crippen molar-refractivity contribution in [2.24, 2.45) is 0 Å². The third kappa shape index (κ3) is 5.75. The molecule has 0 aliphatic rings. The van der Waals surface area contributed by atoms with Crippen LogP contribution >= 0.6 is 0 Å². The maximum atomic E-state index is 13.2. The number of non-ortho nitro benzene ring substituents is 1. The van der Waals surface area contributed by atoms with Crippen LogP contribution in [0.25, 0.3) is 0 Å². The SMILES string of the molecule is CC(C)NC(=O)CCNCc1cc(F)cc([N+](=O)[O-])c1. The van der Waals surface area contributed by atoms with Crippen LogP contribution in [0.2, 0.25) is 0 Å². The van der Waals surface area contributed by atoms with Crippen molar-refractivity contribution in [2.45, 2.75) is 32.9 Å². The number of carbonyl (C=O) groups is 1. The Labute approximate surface area is 116 Å². The Morgan fingerprint density at radius 3 is 2.70 bits per heavy atom. The second-order valence-electron chi connectivity index (χ2n) is 4.72. The van der Waals surface area contributed by atoms with Gasteiger partial charge in [0.05, 0.1) is 11.0 Å². The zero-order valence-electron chi connectivity index (χ0n) is 11.5. The van der Waals surface area contributed by atoms with E-state index in [0.717, 1.165) is 6.07 Å². The van der Waals surface area contributed by atoms with Crippen molar-refractivity contribution in [3.63, 3.8) is 0 Å². The summed E-state index contributed by atoms with van der Waals surface area (Å²) < 4.78 is 13.2. The predicted octanol–water partition coefficient (Wildman–Crippen LogP) is 1.74. The van der Waals surface area contributed by atoms with E-state index in [-0.39, 0.29) is 24.2 Å². The lowest BCUT2D eigenvalue weighted by molar-refractivity contribution is -0.385. The summed E-state index contributed by atoms with van der Waals surface area (Å²) in [4.78, 5) is 21.3. The Kier molecular flexibility index (Phi) is 6.05. The number of hydrogen-bond donors (Lipinski definition) is 2. The Hall–Kier alpha value is -2.02. The van der Waals surface area contributed by atoms with Crippen molar-refractivity contribution >= 4 is 11.6 Å². The summed E-state index contributed by atoms with van der Waals surface area (Å²) in [6.45, 7) is 4.44. The zero-order valence-corrected chi connectivity index (χ0v) is 11.5. The maximum Gasteiger partial charge on any atom is 0.272 e. The van der Waals surface area contributed by atoms with Crippen molar-refractivity contribution < 1.29 is 14.1 Å². The van der Waals surface area contributed by atoms with Crippen molar-refractivity contribution in [1.29, 1.82) is 0 Å². The van der Waals surface area contributed by atoms with Gasteiger partial charge in [-0.2, -0.15) is 0 Å². The molecule has 0 spiro atoms. The number of hydrogen-bond acceptors (Lipinski definition) is 4. The third-order valence-corrected chi connectivity index (χ3v) is 2.46. The number of nitro groups is 1. The van der Waals surface area contributed by atoms with Crippen LogP contribution in [0, 0.1) is 15.9 Å². The lowest BCUT2D eigenvalue weighted by atomic mass is 10.2. The average molecular weight is 283 g/mol. The summed E-state index contributed by atoms with van der Waals surface area (Å²) in [5, 5.41) is 16.3. The monoisotopic (exact) mass is 283 g/mol. The third-order valence-electron chi connectivity index (χ3n) is 2.46. The molecule has 1 amide bonds. The molecule has 0 aromatic heterocycles. The molecule has 0 saturated heterocycles. The van der Waals surface area contributed by atoms with Gasteiger partial charge in [-0.05, 0) is 25.5 Å². The van der Waals surface area contributed by atoms with E-state index < -0.39 is 10.7 Å². The molecule has 0 fully saturated rings. The van der Waals surface area contributed by atoms with E-state index in [2.05, 4.69) is 10.6 Å². The molecule has 0 radical (unpaired) electrons. The number of rotatable bonds is 7. The summed E-state index contributed by atoms with van der Waals surface area (Å²) in [7, 11) is 0. The lowest BCUT2D eigenvalue weighted by Gasteiger charge is -2.09. The van der Waals surface area contributed by atoms with Gasteiger partial charge < -0.3 is 10.6 Å². The molecule has 0 saturated carbocycles. The number of nitrogens with one attached hydrogen (secondary N) is 2. The first-order valence-corrected chi connectivity index (χ1v) is 6.32. The van der Waals surface area contributed by atoms with Gasteiger partial charge in [0.15, 0.2) is 0 Å². The minimum atomic E-state index is -0.645. The Morgan fingerprint density at radius 1 is 1.40 bits per heavy atom. The molecule has 0 heterocycles. The molecule has 110 valence electrons. The normalized spacial score (nSPS) is 10.6. The summed E-state index contributed by atoms with van der Waals surface area (Å²) in [6.07, 6.45) is 0.301. The molecule has 0 aliphatic heterocycles. The maximum absolute atomic E-state index is 13.2. The highest BCUT2D eigenvalue weighted by Gasteiger charge is 2.09. The van der Waals surface area contributed by atoms with Crippen LogP contribution in [0.5, 0.6) is 0 Å². The Morgan fingerprint density at radius 2 is 2.10 bits per heavy atom. The van der Waals surface area contributed by atoms with Gasteiger partial charge in [0.1, 0.15) is 5.82 Å². The van der Waals surface area contributed by atoms with E-state index in [4.69, 9.17) is 0 Å². The van der Waals surface area contributed by atoms with E-state index >= 15 is 0 Å². The molecular formula is C13H18FN3O3. The number of carbonyl (C=O) groups excluding carboxylic acids is 1. The molecule has 2 N–H and O–H groups in total. The van der Waals surface area contributed by atoms with E-state index in [1.807, 2.05) is 13.8 Å². The van der Waals surface area contributed by atoms with Gasteiger partial charge in [0, 0.05) is 31.6 Å². The van der Waals surface area contributed by atoms with Crippen LogP contribution in [0.15, 0.2) is 18.2 Å². The van der Waals surface area contributed by atoms with Gasteiger partial charge in [-0.15, -0.1) is 0 Å². The second-order valence-corrected chi connectivity index (χ2v) is 4.72. The smallest absolute Gasteiger partial charge is 0.272 e. The summed E-state index contributed by atoms with van der Waals surface area (Å²) in [6, 6.07) is 3.51. The summed E-state index contributed by atoms with van der Waals surface area (Å²) in [5.41, 5.74) is 0.195. The number of nitrogens with zero attached hydrogens (tertiary/aromatic N) is 1. The van der Waals surface area contributed by atoms with Crippen molar-refractivity contribution in [1.82, 2.24) is 10.6 Å². The molecule has 0 atom stereocenters. The first kappa shape index (κ1) is 16.0. The molecule has 7 heteroatoms. The highest BCUT2D eigenvalue weighted by atomic mass is 19.1. The highest BCUT2D eigenvalue weighted by Crippen LogP contribution is 2.16. The first-order chi connectivity index (χ1) is 9.38. The molecule has 0 aliphatic carbocycles. The molecule has 0 unspecified atom stereocenters. The lowest BCUT2D eigenvalue weighted by Crippen LogP contribution is -2.32. The fraction of sp³-hybridized carbons (Fsp3) is 0.462. The van der Waals surface area contributed by atoms with Crippen LogP contribution in [-0.2, 0) is 11.3 Å². The summed E-state index contributed by atoms with van der Waals surface area (Å²) in [5.74, 6) is -0.716. The van der Waals surface area contributed by atoms with Crippen LogP contribution in [0.1, 0.15) is 25.8 Å². The molecule has 0 bridgehead atoms. The minimum Gasteiger partial charge on any atom is -0.354 e. The van der Waals surface area contributed by atoms with Crippen molar-refractivity contribution in [3.8, 4) is 0 Å². The molecule has 6 nitrogen and oxygen atoms in total. The van der Waals surface area contributed by atoms with E-state index in [9.17, 15) is 19.3 Å². The van der Waals surface area contributed by atoms with E-state index in [1.54, 1.807) is 0 Å². The predicted molar refractivity (Wildman–Crippen MR) is 72.7 cm³/mol. The number of amides is 1. The zero-order chi connectivity index (χ0) is 15.1. The molecule has 1 aromatic rings. The molecular weight excluding hydrogens is 265 g/mol. The molecule has 1 aromatic carbocycles. The van der Waals surface area contributed by atoms with E-state index in [0.29, 0.717) is 18.5 Å². The van der Waals surface area contributed by atoms with Gasteiger partial charge in [-0.25, -0.2) is 4.39 Å². The van der Waals surface area contributed by atoms with Crippen molar-refractivity contribution in [2.75, 3.05) is 6.54 Å². The largest absolute Gasteiger partial charge is 0.354 e. The first-order valence-electron chi connectivity index (χ1n) is 6.32. The average Bonchev–Trinajstić information content (AvgIpc) is 2.33. The van der Waals surface area contributed by atoms with Gasteiger partial charge >= 0.3 is 0 Å². The quantitative estimate of drug-likeness (QED) is 0.453. The van der Waals surface area contributed by atoms with Crippen LogP contribution in [-0.4, -0.2) is 23.4 Å². The second kappa shape index (κ2) is 7.54. The highest BCUT2D eigenvalue weighted by molar-refractivity contribution is 5.76.